The van der Waals surface area contributed by atoms with E-state index in [0.717, 1.165) is 30.4 Å². The van der Waals surface area contributed by atoms with Gasteiger partial charge >= 0.3 is 6.03 Å². The minimum absolute atomic E-state index is 0.0399. The smallest absolute Gasteiger partial charge is 0.325 e. The van der Waals surface area contributed by atoms with Crippen molar-refractivity contribution in [1.29, 1.82) is 0 Å². The van der Waals surface area contributed by atoms with Crippen molar-refractivity contribution in [3.05, 3.63) is 78.4 Å². The van der Waals surface area contributed by atoms with Crippen molar-refractivity contribution in [1.82, 2.24) is 15.5 Å². The number of amides is 4. The van der Waals surface area contributed by atoms with E-state index < -0.39 is 6.03 Å². The van der Waals surface area contributed by atoms with Crippen LogP contribution in [0.2, 0.25) is 0 Å². The van der Waals surface area contributed by atoms with Crippen molar-refractivity contribution in [3.63, 3.8) is 0 Å². The van der Waals surface area contributed by atoms with Crippen LogP contribution in [0.3, 0.4) is 0 Å². The number of carbonyl (C=O) groups excluding carboxylic acids is 3. The summed E-state index contributed by atoms with van der Waals surface area (Å²) in [5.41, 5.74) is 15.2. The first-order chi connectivity index (χ1) is 18.3. The van der Waals surface area contributed by atoms with Crippen molar-refractivity contribution in [2.24, 2.45) is 21.5 Å². The summed E-state index contributed by atoms with van der Waals surface area (Å²) in [7, 11) is 1.54. The Bertz CT molecular complexity index is 1330. The fraction of sp³-hybridized carbons (Fsp3) is 0.222. The maximum Gasteiger partial charge on any atom is 0.325 e. The predicted molar refractivity (Wildman–Crippen MR) is 148 cm³/mol. The third kappa shape index (κ3) is 5.89. The number of aliphatic imine (C=N–C) groups is 2. The molecule has 38 heavy (non-hydrogen) atoms. The molecule has 7 N–H and O–H groups in total. The Labute approximate surface area is 220 Å². The van der Waals surface area contributed by atoms with Crippen LogP contribution in [0.4, 0.5) is 16.2 Å². The van der Waals surface area contributed by atoms with E-state index in [2.05, 4.69) is 38.6 Å². The summed E-state index contributed by atoms with van der Waals surface area (Å²) in [6, 6.07) is 13.5. The fourth-order valence-electron chi connectivity index (χ4n) is 4.73. The number of urea groups is 1. The Morgan fingerprint density at radius 2 is 1.76 bits per heavy atom. The summed E-state index contributed by atoms with van der Waals surface area (Å²) in [5.74, 6) is -0.663. The van der Waals surface area contributed by atoms with Gasteiger partial charge in [0.2, 0.25) is 17.8 Å². The number of benzene rings is 2. The lowest BCUT2D eigenvalue weighted by Crippen LogP contribution is -2.42. The van der Waals surface area contributed by atoms with Crippen molar-refractivity contribution in [2.75, 3.05) is 12.4 Å². The van der Waals surface area contributed by atoms with Gasteiger partial charge in [-0.2, -0.15) is 4.99 Å². The molecule has 2 aliphatic rings. The number of carbonyl (C=O) groups is 3. The van der Waals surface area contributed by atoms with Crippen molar-refractivity contribution in [2.45, 2.75) is 31.3 Å². The van der Waals surface area contributed by atoms with Gasteiger partial charge in [0.25, 0.3) is 5.91 Å². The van der Waals surface area contributed by atoms with Crippen LogP contribution in [0.15, 0.2) is 77.2 Å². The van der Waals surface area contributed by atoms with Crippen molar-refractivity contribution >= 4 is 46.7 Å². The summed E-state index contributed by atoms with van der Waals surface area (Å²) in [5, 5.41) is 7.62. The molecule has 2 atom stereocenters. The minimum atomic E-state index is -0.597. The van der Waals surface area contributed by atoms with Crippen LogP contribution < -0.4 is 27.4 Å². The lowest BCUT2D eigenvalue weighted by atomic mass is 9.94. The van der Waals surface area contributed by atoms with E-state index in [1.807, 2.05) is 17.0 Å². The lowest BCUT2D eigenvalue weighted by Gasteiger charge is -2.34. The van der Waals surface area contributed by atoms with Gasteiger partial charge in [0.15, 0.2) is 0 Å². The Morgan fingerprint density at radius 3 is 2.42 bits per heavy atom. The van der Waals surface area contributed by atoms with Crippen LogP contribution >= 0.6 is 0 Å². The van der Waals surface area contributed by atoms with Gasteiger partial charge in [0.05, 0.1) is 11.7 Å². The second-order valence-corrected chi connectivity index (χ2v) is 8.84. The fourth-order valence-corrected chi connectivity index (χ4v) is 4.73. The normalized spacial score (nSPS) is 18.9. The molecule has 2 heterocycles. The van der Waals surface area contributed by atoms with E-state index in [-0.39, 0.29) is 35.8 Å². The standard InChI is InChI=1S/C27H30N8O3/c1-3-23(36)35-20-12-14-21(22(35)15-13-20)16-4-8-19(9-5-16)32-27(38)34-26(29)33-25(28)31-18-10-6-17(7-11-18)24(37)30-2/h3-11,14,20,22H,1,12-13,15H2,2H3,(H,30,37)(H6,28,29,31,32,33,34,38). The zero-order valence-electron chi connectivity index (χ0n) is 21.0. The van der Waals surface area contributed by atoms with E-state index >= 15 is 0 Å². The van der Waals surface area contributed by atoms with Gasteiger partial charge in [-0.3, -0.25) is 14.9 Å². The highest BCUT2D eigenvalue weighted by Crippen LogP contribution is 2.40. The van der Waals surface area contributed by atoms with Gasteiger partial charge < -0.3 is 27.0 Å². The number of nitrogens with two attached hydrogens (primary N) is 2. The molecule has 0 saturated carbocycles. The molecule has 2 aromatic rings. The van der Waals surface area contributed by atoms with Crippen LogP contribution in [0.25, 0.3) is 5.57 Å². The molecule has 1 fully saturated rings. The molecular weight excluding hydrogens is 484 g/mol. The molecule has 2 aliphatic heterocycles. The highest BCUT2D eigenvalue weighted by atomic mass is 16.2. The number of hydrogen-bond acceptors (Lipinski definition) is 4. The Hall–Kier alpha value is -4.93. The third-order valence-corrected chi connectivity index (χ3v) is 6.45. The average molecular weight is 515 g/mol. The number of rotatable bonds is 5. The Morgan fingerprint density at radius 1 is 1.05 bits per heavy atom. The van der Waals surface area contributed by atoms with Gasteiger partial charge in [-0.25, -0.2) is 9.79 Å². The van der Waals surface area contributed by atoms with E-state index in [0.29, 0.717) is 16.9 Å². The van der Waals surface area contributed by atoms with Gasteiger partial charge in [-0.1, -0.05) is 24.8 Å². The summed E-state index contributed by atoms with van der Waals surface area (Å²) in [6.45, 7) is 3.64. The van der Waals surface area contributed by atoms with Crippen molar-refractivity contribution in [3.8, 4) is 0 Å². The highest BCUT2D eigenvalue weighted by molar-refractivity contribution is 6.05. The molecule has 2 bridgehead atoms. The SMILES string of the molecule is C=CC(=O)N1C2CC=C(c3ccc(NC(=O)N/C(N)=N\C(N)=Nc4ccc(C(=O)NC)cc4)cc3)C1CC2. The molecule has 2 aromatic carbocycles. The summed E-state index contributed by atoms with van der Waals surface area (Å²) in [4.78, 5) is 46.2. The zero-order chi connectivity index (χ0) is 27.2. The number of hydrogen-bond donors (Lipinski definition) is 5. The van der Waals surface area contributed by atoms with Crippen LogP contribution in [0.1, 0.15) is 35.2 Å². The van der Waals surface area contributed by atoms with Crippen LogP contribution in [-0.2, 0) is 4.79 Å². The summed E-state index contributed by atoms with van der Waals surface area (Å²) < 4.78 is 0. The molecule has 0 spiro atoms. The van der Waals surface area contributed by atoms with Gasteiger partial charge in [0, 0.05) is 24.3 Å². The highest BCUT2D eigenvalue weighted by Gasteiger charge is 2.40. The third-order valence-electron chi connectivity index (χ3n) is 6.45. The molecule has 4 amide bonds. The largest absolute Gasteiger partial charge is 0.369 e. The maximum atomic E-state index is 12.4. The van der Waals surface area contributed by atoms with Crippen molar-refractivity contribution < 1.29 is 14.4 Å². The molecule has 4 rings (SSSR count). The number of fused-ring (bicyclic) bond motifs is 2. The average Bonchev–Trinajstić information content (AvgIpc) is 3.21. The molecule has 196 valence electrons. The lowest BCUT2D eigenvalue weighted by molar-refractivity contribution is -0.128. The summed E-state index contributed by atoms with van der Waals surface area (Å²) >= 11 is 0. The molecule has 11 heteroatoms. The first-order valence-corrected chi connectivity index (χ1v) is 12.1. The van der Waals surface area contributed by atoms with Gasteiger partial charge in [0.1, 0.15) is 0 Å². The minimum Gasteiger partial charge on any atom is -0.369 e. The quantitative estimate of drug-likeness (QED) is 0.234. The predicted octanol–water partition coefficient (Wildman–Crippen LogP) is 2.46. The van der Waals surface area contributed by atoms with E-state index in [4.69, 9.17) is 11.5 Å². The monoisotopic (exact) mass is 514 g/mol. The molecular formula is C27H30N8O3. The first-order valence-electron chi connectivity index (χ1n) is 12.1. The second-order valence-electron chi connectivity index (χ2n) is 8.84. The first kappa shape index (κ1) is 26.1. The molecule has 1 saturated heterocycles. The van der Waals surface area contributed by atoms with E-state index in [9.17, 15) is 14.4 Å². The van der Waals surface area contributed by atoms with Gasteiger partial charge in [-0.15, -0.1) is 0 Å². The zero-order valence-corrected chi connectivity index (χ0v) is 21.0. The molecule has 11 nitrogen and oxygen atoms in total. The molecule has 0 aromatic heterocycles. The number of anilines is 1. The van der Waals surface area contributed by atoms with Gasteiger partial charge in [-0.05, 0) is 72.9 Å². The van der Waals surface area contributed by atoms with E-state index in [1.54, 1.807) is 43.4 Å². The number of nitrogens with one attached hydrogen (secondary N) is 3. The Balaban J connectivity index is 1.34. The maximum absolute atomic E-state index is 12.4. The topological polar surface area (TPSA) is 167 Å². The van der Waals surface area contributed by atoms with E-state index in [1.165, 1.54) is 6.08 Å². The second kappa shape index (κ2) is 11.4. The number of guanidine groups is 2. The molecule has 0 aliphatic carbocycles. The van der Waals surface area contributed by atoms with Crippen LogP contribution in [0.5, 0.6) is 0 Å². The molecule has 0 radical (unpaired) electrons. The Kier molecular flexibility index (Phi) is 7.86. The summed E-state index contributed by atoms with van der Waals surface area (Å²) in [6.07, 6.45) is 6.29. The molecule has 2 unspecified atom stereocenters. The van der Waals surface area contributed by atoms with Crippen LogP contribution in [-0.4, -0.2) is 53.8 Å². The van der Waals surface area contributed by atoms with Crippen LogP contribution in [0, 0.1) is 0 Å². The number of nitrogens with zero attached hydrogens (tertiary/aromatic N) is 3.